The fraction of sp³-hybridized carbons (Fsp3) is 0.143. The second-order valence-corrected chi connectivity index (χ2v) is 3.81. The van der Waals surface area contributed by atoms with Crippen molar-refractivity contribution in [3.05, 3.63) is 42.5 Å². The van der Waals surface area contributed by atoms with Gasteiger partial charge in [-0.05, 0) is 42.8 Å². The number of anilines is 2. The highest BCUT2D eigenvalue weighted by atomic mass is 35.5. The van der Waals surface area contributed by atoms with Crippen LogP contribution in [0.15, 0.2) is 42.5 Å². The molecule has 0 bridgehead atoms. The number of hydrogen-bond donors (Lipinski definition) is 2. The van der Waals surface area contributed by atoms with Gasteiger partial charge in [-0.1, -0.05) is 12.1 Å². The predicted molar refractivity (Wildman–Crippen MR) is 86.4 cm³/mol. The van der Waals surface area contributed by atoms with E-state index in [0.29, 0.717) is 18.0 Å². The van der Waals surface area contributed by atoms with Crippen LogP contribution in [0.5, 0.6) is 5.75 Å². The fourth-order valence-corrected chi connectivity index (χ4v) is 1.74. The summed E-state index contributed by atoms with van der Waals surface area (Å²) < 4.78 is 5.47. The molecule has 2 rings (SSSR count). The summed E-state index contributed by atoms with van der Waals surface area (Å²) in [4.78, 5) is 0. The first-order chi connectivity index (χ1) is 8.20. The number of nitrogen functional groups attached to an aromatic ring is 2. The minimum Gasteiger partial charge on any atom is -0.494 e. The van der Waals surface area contributed by atoms with Crippen molar-refractivity contribution in [1.29, 1.82) is 0 Å². The molecule has 2 aromatic rings. The first-order valence-electron chi connectivity index (χ1n) is 5.59. The minimum absolute atomic E-state index is 0. The number of halogens is 2. The number of hydrogen-bond acceptors (Lipinski definition) is 3. The average Bonchev–Trinajstić information content (AvgIpc) is 2.33. The summed E-state index contributed by atoms with van der Waals surface area (Å²) >= 11 is 0. The van der Waals surface area contributed by atoms with Crippen LogP contribution < -0.4 is 16.2 Å². The zero-order valence-corrected chi connectivity index (χ0v) is 12.3. The molecule has 0 amide bonds. The lowest BCUT2D eigenvalue weighted by Crippen LogP contribution is -1.94. The number of benzene rings is 2. The van der Waals surface area contributed by atoms with Crippen LogP contribution in [0.3, 0.4) is 0 Å². The SMILES string of the molecule is CCOc1cccc(-c2cc(N)ccc2N)c1.Cl.Cl. The van der Waals surface area contributed by atoms with Crippen molar-refractivity contribution in [2.45, 2.75) is 6.92 Å². The van der Waals surface area contributed by atoms with Gasteiger partial charge in [0.05, 0.1) is 6.61 Å². The Balaban J connectivity index is 0.00000162. The van der Waals surface area contributed by atoms with Gasteiger partial charge >= 0.3 is 0 Å². The third-order valence-corrected chi connectivity index (χ3v) is 2.53. The topological polar surface area (TPSA) is 61.3 Å². The molecule has 5 heteroatoms. The van der Waals surface area contributed by atoms with Crippen molar-refractivity contribution in [2.75, 3.05) is 18.1 Å². The molecular formula is C14H18Cl2N2O. The highest BCUT2D eigenvalue weighted by Gasteiger charge is 2.04. The summed E-state index contributed by atoms with van der Waals surface area (Å²) in [7, 11) is 0. The molecule has 0 unspecified atom stereocenters. The molecule has 0 saturated heterocycles. The first-order valence-corrected chi connectivity index (χ1v) is 5.59. The van der Waals surface area contributed by atoms with Crippen molar-refractivity contribution in [3.8, 4) is 16.9 Å². The molecule has 0 atom stereocenters. The normalized spacial score (nSPS) is 9.11. The smallest absolute Gasteiger partial charge is 0.119 e. The van der Waals surface area contributed by atoms with Crippen LogP contribution in [0.4, 0.5) is 11.4 Å². The number of rotatable bonds is 3. The molecule has 0 saturated carbocycles. The second kappa shape index (κ2) is 7.77. The van der Waals surface area contributed by atoms with Gasteiger partial charge < -0.3 is 16.2 Å². The lowest BCUT2D eigenvalue weighted by atomic mass is 10.0. The Labute approximate surface area is 125 Å². The van der Waals surface area contributed by atoms with E-state index >= 15 is 0 Å². The van der Waals surface area contributed by atoms with Crippen LogP contribution in [0.1, 0.15) is 6.92 Å². The van der Waals surface area contributed by atoms with Gasteiger partial charge in [0, 0.05) is 16.9 Å². The maximum atomic E-state index is 5.95. The summed E-state index contributed by atoms with van der Waals surface area (Å²) in [5.41, 5.74) is 15.1. The molecule has 0 aliphatic rings. The lowest BCUT2D eigenvalue weighted by molar-refractivity contribution is 0.340. The summed E-state index contributed by atoms with van der Waals surface area (Å²) in [5.74, 6) is 0.840. The zero-order valence-electron chi connectivity index (χ0n) is 10.6. The summed E-state index contributed by atoms with van der Waals surface area (Å²) in [5, 5.41) is 0. The maximum absolute atomic E-state index is 5.95. The van der Waals surface area contributed by atoms with E-state index in [1.54, 1.807) is 6.07 Å². The highest BCUT2D eigenvalue weighted by Crippen LogP contribution is 2.30. The number of nitrogens with two attached hydrogens (primary N) is 2. The van der Waals surface area contributed by atoms with Crippen LogP contribution >= 0.6 is 24.8 Å². The average molecular weight is 301 g/mol. The zero-order chi connectivity index (χ0) is 12.3. The molecule has 4 N–H and O–H groups in total. The molecule has 0 heterocycles. The molecule has 3 nitrogen and oxygen atoms in total. The van der Waals surface area contributed by atoms with Gasteiger partial charge in [-0.15, -0.1) is 24.8 Å². The lowest BCUT2D eigenvalue weighted by Gasteiger charge is -2.09. The second-order valence-electron chi connectivity index (χ2n) is 3.81. The maximum Gasteiger partial charge on any atom is 0.119 e. The molecule has 2 aromatic carbocycles. The van der Waals surface area contributed by atoms with E-state index in [-0.39, 0.29) is 24.8 Å². The largest absolute Gasteiger partial charge is 0.494 e. The van der Waals surface area contributed by atoms with Gasteiger partial charge in [-0.25, -0.2) is 0 Å². The summed E-state index contributed by atoms with van der Waals surface area (Å²) in [6, 6.07) is 13.3. The molecule has 0 fully saturated rings. The molecule has 0 aliphatic carbocycles. The fourth-order valence-electron chi connectivity index (χ4n) is 1.74. The monoisotopic (exact) mass is 300 g/mol. The predicted octanol–water partition coefficient (Wildman–Crippen LogP) is 3.76. The van der Waals surface area contributed by atoms with Gasteiger partial charge in [-0.2, -0.15) is 0 Å². The molecular weight excluding hydrogens is 283 g/mol. The van der Waals surface area contributed by atoms with Crippen LogP contribution in [-0.2, 0) is 0 Å². The Hall–Kier alpha value is -1.58. The van der Waals surface area contributed by atoms with Gasteiger partial charge in [0.1, 0.15) is 5.75 Å². The standard InChI is InChI=1S/C14H16N2O.2ClH/c1-2-17-12-5-3-4-10(8-12)13-9-11(15)6-7-14(13)16;;/h3-9H,2,15-16H2,1H3;2*1H. The van der Waals surface area contributed by atoms with Crippen molar-refractivity contribution in [2.24, 2.45) is 0 Å². The van der Waals surface area contributed by atoms with E-state index in [1.807, 2.05) is 43.3 Å². The number of ether oxygens (including phenoxy) is 1. The third kappa shape index (κ3) is 4.23. The minimum atomic E-state index is 0. The van der Waals surface area contributed by atoms with Crippen LogP contribution in [0.25, 0.3) is 11.1 Å². The Morgan fingerprint density at radius 1 is 1.00 bits per heavy atom. The Morgan fingerprint density at radius 2 is 1.74 bits per heavy atom. The van der Waals surface area contributed by atoms with Gasteiger partial charge in [0.2, 0.25) is 0 Å². The Kier molecular flexibility index (Phi) is 7.12. The molecule has 0 aliphatic heterocycles. The van der Waals surface area contributed by atoms with Gasteiger partial charge in [-0.3, -0.25) is 0 Å². The van der Waals surface area contributed by atoms with Crippen LogP contribution in [-0.4, -0.2) is 6.61 Å². The molecule has 0 spiro atoms. The van der Waals surface area contributed by atoms with Crippen molar-refractivity contribution < 1.29 is 4.74 Å². The van der Waals surface area contributed by atoms with Gasteiger partial charge in [0.25, 0.3) is 0 Å². The van der Waals surface area contributed by atoms with Crippen molar-refractivity contribution in [3.63, 3.8) is 0 Å². The molecule has 0 aromatic heterocycles. The molecule has 104 valence electrons. The van der Waals surface area contributed by atoms with E-state index in [4.69, 9.17) is 16.2 Å². The first kappa shape index (κ1) is 17.4. The van der Waals surface area contributed by atoms with Gasteiger partial charge in [0.15, 0.2) is 0 Å². The Morgan fingerprint density at radius 3 is 2.42 bits per heavy atom. The van der Waals surface area contributed by atoms with E-state index < -0.39 is 0 Å². The molecule has 0 radical (unpaired) electrons. The van der Waals surface area contributed by atoms with E-state index in [2.05, 4.69) is 0 Å². The summed E-state index contributed by atoms with van der Waals surface area (Å²) in [6.07, 6.45) is 0. The van der Waals surface area contributed by atoms with E-state index in [0.717, 1.165) is 16.9 Å². The highest BCUT2D eigenvalue weighted by molar-refractivity contribution is 5.85. The van der Waals surface area contributed by atoms with Crippen LogP contribution in [0.2, 0.25) is 0 Å². The van der Waals surface area contributed by atoms with Crippen molar-refractivity contribution in [1.82, 2.24) is 0 Å². The van der Waals surface area contributed by atoms with Crippen LogP contribution in [0, 0.1) is 0 Å². The Bertz CT molecular complexity index is 533. The quantitative estimate of drug-likeness (QED) is 0.849. The molecule has 19 heavy (non-hydrogen) atoms. The van der Waals surface area contributed by atoms with E-state index in [1.165, 1.54) is 0 Å². The third-order valence-electron chi connectivity index (χ3n) is 2.53. The van der Waals surface area contributed by atoms with Crippen molar-refractivity contribution >= 4 is 36.2 Å². The van der Waals surface area contributed by atoms with E-state index in [9.17, 15) is 0 Å². The summed E-state index contributed by atoms with van der Waals surface area (Å²) in [6.45, 7) is 2.61.